The lowest BCUT2D eigenvalue weighted by Crippen LogP contribution is -2.22. The van der Waals surface area contributed by atoms with E-state index in [9.17, 15) is 5.11 Å². The summed E-state index contributed by atoms with van der Waals surface area (Å²) in [7, 11) is 1.71. The number of ether oxygens (including phenoxy) is 1. The van der Waals surface area contributed by atoms with Crippen molar-refractivity contribution in [3.63, 3.8) is 0 Å². The molecule has 0 aliphatic heterocycles. The normalized spacial score (nSPS) is 28.8. The Morgan fingerprint density at radius 3 is 2.38 bits per heavy atom. The van der Waals surface area contributed by atoms with Crippen molar-refractivity contribution < 1.29 is 9.84 Å². The summed E-state index contributed by atoms with van der Waals surface area (Å²) in [4.78, 5) is 0. The van der Waals surface area contributed by atoms with Gasteiger partial charge in [0.15, 0.2) is 0 Å². The maximum Gasteiger partial charge on any atom is 0.119 e. The van der Waals surface area contributed by atoms with Gasteiger partial charge < -0.3 is 9.84 Å². The maximum absolute atomic E-state index is 10.8. The van der Waals surface area contributed by atoms with Crippen LogP contribution in [-0.2, 0) is 6.42 Å². The number of fused-ring (bicyclic) bond motifs is 1. The third-order valence-corrected chi connectivity index (χ3v) is 6.73. The molecule has 2 aromatic rings. The first-order valence-electron chi connectivity index (χ1n) is 10.1. The molecule has 26 heavy (non-hydrogen) atoms. The largest absolute Gasteiger partial charge is 0.497 e. The molecule has 2 unspecified atom stereocenters. The Bertz CT molecular complexity index is 716. The van der Waals surface area contributed by atoms with Crippen molar-refractivity contribution in [1.29, 1.82) is 0 Å². The van der Waals surface area contributed by atoms with Crippen LogP contribution in [0.25, 0.3) is 0 Å². The van der Waals surface area contributed by atoms with Crippen LogP contribution >= 0.6 is 0 Å². The fourth-order valence-electron chi connectivity index (χ4n) is 5.20. The molecule has 0 spiro atoms. The second kappa shape index (κ2) is 7.84. The van der Waals surface area contributed by atoms with Gasteiger partial charge in [-0.2, -0.15) is 0 Å². The van der Waals surface area contributed by atoms with Crippen LogP contribution in [0.15, 0.2) is 48.5 Å². The molecule has 1 fully saturated rings. The number of methoxy groups -OCH3 is 1. The first-order valence-corrected chi connectivity index (χ1v) is 10.1. The topological polar surface area (TPSA) is 29.5 Å². The molecule has 0 radical (unpaired) electrons. The Balaban J connectivity index is 1.41. The van der Waals surface area contributed by atoms with Crippen LogP contribution in [-0.4, -0.2) is 12.2 Å². The number of benzene rings is 2. The van der Waals surface area contributed by atoms with E-state index in [0.717, 1.165) is 36.0 Å². The number of aliphatic hydroxyl groups excluding tert-OH is 1. The van der Waals surface area contributed by atoms with E-state index in [-0.39, 0.29) is 6.10 Å². The Hall–Kier alpha value is -1.80. The number of hydrogen-bond acceptors (Lipinski definition) is 2. The molecule has 0 bridgehead atoms. The van der Waals surface area contributed by atoms with Gasteiger partial charge >= 0.3 is 0 Å². The summed E-state index contributed by atoms with van der Waals surface area (Å²) < 4.78 is 5.37. The molecule has 0 amide bonds. The van der Waals surface area contributed by atoms with Crippen molar-refractivity contribution in [1.82, 2.24) is 0 Å². The van der Waals surface area contributed by atoms with Gasteiger partial charge in [0, 0.05) is 0 Å². The van der Waals surface area contributed by atoms with Crippen LogP contribution in [0.2, 0.25) is 0 Å². The van der Waals surface area contributed by atoms with E-state index in [4.69, 9.17) is 4.74 Å². The number of hydrogen-bond donors (Lipinski definition) is 1. The van der Waals surface area contributed by atoms with E-state index < -0.39 is 0 Å². The first-order chi connectivity index (χ1) is 12.7. The minimum atomic E-state index is -0.324. The van der Waals surface area contributed by atoms with E-state index in [1.165, 1.54) is 43.2 Å². The number of aliphatic hydroxyl groups is 1. The quantitative estimate of drug-likeness (QED) is 0.724. The standard InChI is InChI=1S/C24H30O2/c1-26-22-13-14-23-21(15-22)12-11-20(16-24(23)25)19-9-7-18(8-10-19)17-5-3-2-4-6-17/h2-6,13-15,18-20,24-25H,7-12,16H2,1H3. The predicted molar refractivity (Wildman–Crippen MR) is 106 cm³/mol. The lowest BCUT2D eigenvalue weighted by molar-refractivity contribution is 0.112. The molecule has 2 heteroatoms. The van der Waals surface area contributed by atoms with Crippen LogP contribution in [0.1, 0.15) is 67.2 Å². The van der Waals surface area contributed by atoms with E-state index in [1.807, 2.05) is 6.07 Å². The van der Waals surface area contributed by atoms with Crippen LogP contribution < -0.4 is 4.74 Å². The fourth-order valence-corrected chi connectivity index (χ4v) is 5.20. The predicted octanol–water partition coefficient (Wildman–Crippen LogP) is 5.66. The molecule has 2 nitrogen and oxygen atoms in total. The molecule has 0 aromatic heterocycles. The summed E-state index contributed by atoms with van der Waals surface area (Å²) in [5.74, 6) is 3.03. The third kappa shape index (κ3) is 3.66. The second-order valence-corrected chi connectivity index (χ2v) is 8.14. The molecule has 1 saturated carbocycles. The average Bonchev–Trinajstić information content (AvgIpc) is 2.87. The molecule has 2 aliphatic carbocycles. The van der Waals surface area contributed by atoms with Gasteiger partial charge in [-0.25, -0.2) is 0 Å². The molecular weight excluding hydrogens is 320 g/mol. The SMILES string of the molecule is COc1ccc2c(c1)CCC(C1CCC(c3ccccc3)CC1)CC2O. The smallest absolute Gasteiger partial charge is 0.119 e. The van der Waals surface area contributed by atoms with Gasteiger partial charge in [0.1, 0.15) is 5.75 Å². The Morgan fingerprint density at radius 2 is 1.65 bits per heavy atom. The molecule has 4 rings (SSSR count). The maximum atomic E-state index is 10.8. The monoisotopic (exact) mass is 350 g/mol. The summed E-state index contributed by atoms with van der Waals surface area (Å²) in [6.07, 6.45) is 8.04. The van der Waals surface area contributed by atoms with Gasteiger partial charge in [-0.05, 0) is 91.5 Å². The van der Waals surface area contributed by atoms with Crippen molar-refractivity contribution in [2.45, 2.75) is 57.0 Å². The van der Waals surface area contributed by atoms with E-state index >= 15 is 0 Å². The molecule has 0 heterocycles. The lowest BCUT2D eigenvalue weighted by atomic mass is 9.71. The van der Waals surface area contributed by atoms with Crippen LogP contribution in [0.5, 0.6) is 5.75 Å². The summed E-state index contributed by atoms with van der Waals surface area (Å²) in [5, 5.41) is 10.8. The van der Waals surface area contributed by atoms with Crippen molar-refractivity contribution in [2.75, 3.05) is 7.11 Å². The fraction of sp³-hybridized carbons (Fsp3) is 0.500. The van der Waals surface area contributed by atoms with E-state index in [2.05, 4.69) is 42.5 Å². The van der Waals surface area contributed by atoms with Gasteiger partial charge in [0.2, 0.25) is 0 Å². The molecule has 2 aromatic carbocycles. The Labute approximate surface area is 157 Å². The zero-order valence-electron chi connectivity index (χ0n) is 15.7. The minimum Gasteiger partial charge on any atom is -0.497 e. The van der Waals surface area contributed by atoms with Gasteiger partial charge in [-0.1, -0.05) is 36.4 Å². The summed E-state index contributed by atoms with van der Waals surface area (Å²) >= 11 is 0. The summed E-state index contributed by atoms with van der Waals surface area (Å²) in [6, 6.07) is 17.2. The van der Waals surface area contributed by atoms with Crippen LogP contribution in [0, 0.1) is 11.8 Å². The highest BCUT2D eigenvalue weighted by atomic mass is 16.5. The zero-order valence-corrected chi connectivity index (χ0v) is 15.7. The molecule has 0 saturated heterocycles. The number of rotatable bonds is 3. The summed E-state index contributed by atoms with van der Waals surface area (Å²) in [6.45, 7) is 0. The third-order valence-electron chi connectivity index (χ3n) is 6.73. The Kier molecular flexibility index (Phi) is 5.31. The van der Waals surface area contributed by atoms with Gasteiger partial charge in [0.25, 0.3) is 0 Å². The highest BCUT2D eigenvalue weighted by Crippen LogP contribution is 2.44. The van der Waals surface area contributed by atoms with Crippen LogP contribution in [0.3, 0.4) is 0 Å². The minimum absolute atomic E-state index is 0.324. The number of aryl methyl sites for hydroxylation is 1. The van der Waals surface area contributed by atoms with Gasteiger partial charge in [0.05, 0.1) is 13.2 Å². The summed E-state index contributed by atoms with van der Waals surface area (Å²) in [5.41, 5.74) is 3.90. The van der Waals surface area contributed by atoms with Crippen molar-refractivity contribution in [3.8, 4) is 5.75 Å². The van der Waals surface area contributed by atoms with Crippen LogP contribution in [0.4, 0.5) is 0 Å². The molecule has 138 valence electrons. The van der Waals surface area contributed by atoms with E-state index in [1.54, 1.807) is 7.11 Å². The highest BCUT2D eigenvalue weighted by Gasteiger charge is 2.32. The molecule has 2 aliphatic rings. The second-order valence-electron chi connectivity index (χ2n) is 8.14. The molecule has 2 atom stereocenters. The zero-order chi connectivity index (χ0) is 17.9. The average molecular weight is 351 g/mol. The van der Waals surface area contributed by atoms with Crippen molar-refractivity contribution in [3.05, 3.63) is 65.2 Å². The van der Waals surface area contributed by atoms with Gasteiger partial charge in [-0.15, -0.1) is 0 Å². The van der Waals surface area contributed by atoms with E-state index in [0.29, 0.717) is 5.92 Å². The molecular formula is C24H30O2. The van der Waals surface area contributed by atoms with Crippen molar-refractivity contribution in [2.24, 2.45) is 11.8 Å². The van der Waals surface area contributed by atoms with Crippen molar-refractivity contribution >= 4 is 0 Å². The lowest BCUT2D eigenvalue weighted by Gasteiger charge is -2.34. The first kappa shape index (κ1) is 17.6. The Morgan fingerprint density at radius 1 is 0.885 bits per heavy atom. The van der Waals surface area contributed by atoms with Gasteiger partial charge in [-0.3, -0.25) is 0 Å². The molecule has 1 N–H and O–H groups in total. The highest BCUT2D eigenvalue weighted by molar-refractivity contribution is 5.38.